The number of hydrogen-bond donors (Lipinski definition) is 0. The summed E-state index contributed by atoms with van der Waals surface area (Å²) in [7, 11) is 0. The summed E-state index contributed by atoms with van der Waals surface area (Å²) in [5, 5.41) is 2.60. The summed E-state index contributed by atoms with van der Waals surface area (Å²) in [4.78, 5) is 2.35. The number of fused-ring (bicyclic) bond motifs is 6. The Hall–Kier alpha value is -7.78. The number of anilines is 3. The molecule has 12 rings (SSSR count). The van der Waals surface area contributed by atoms with Crippen LogP contribution >= 0.6 is 11.3 Å². The van der Waals surface area contributed by atoms with E-state index in [2.05, 4.69) is 254 Å². The molecule has 0 aliphatic heterocycles. The van der Waals surface area contributed by atoms with E-state index >= 15 is 0 Å². The Labute approximate surface area is 372 Å². The van der Waals surface area contributed by atoms with E-state index in [1.807, 2.05) is 11.3 Å². The molecular formula is C61H41NS. The average molecular weight is 820 g/mol. The van der Waals surface area contributed by atoms with Gasteiger partial charge in [0.2, 0.25) is 0 Å². The molecule has 2 heteroatoms. The topological polar surface area (TPSA) is 3.24 Å². The van der Waals surface area contributed by atoms with Crippen molar-refractivity contribution in [3.63, 3.8) is 0 Å². The molecule has 0 radical (unpaired) electrons. The number of para-hydroxylation sites is 1. The Morgan fingerprint density at radius 1 is 0.302 bits per heavy atom. The monoisotopic (exact) mass is 819 g/mol. The lowest BCUT2D eigenvalue weighted by atomic mass is 9.67. The molecule has 63 heavy (non-hydrogen) atoms. The molecule has 11 aromatic rings. The first-order valence-electron chi connectivity index (χ1n) is 21.7. The van der Waals surface area contributed by atoms with Crippen LogP contribution in [0.4, 0.5) is 17.1 Å². The van der Waals surface area contributed by atoms with Crippen LogP contribution in [0.3, 0.4) is 0 Å². The number of benzene rings is 10. The van der Waals surface area contributed by atoms with Gasteiger partial charge in [-0.3, -0.25) is 0 Å². The van der Waals surface area contributed by atoms with Crippen molar-refractivity contribution in [2.24, 2.45) is 0 Å². The van der Waals surface area contributed by atoms with Gasteiger partial charge in [0.25, 0.3) is 0 Å². The summed E-state index contributed by atoms with van der Waals surface area (Å²) in [6.07, 6.45) is 0. The maximum atomic E-state index is 2.48. The summed E-state index contributed by atoms with van der Waals surface area (Å²) in [6, 6.07) is 91.3. The SMILES string of the molecule is c1ccc(-c2ccc(N(c3ccccc3)c3cccc(-c4cccc(-c5cccc6sc7cc(C8(c9ccccc9)c9ccccc9-c9ccccc98)ccc7c56)c4)c3)cc2)cc1. The second-order valence-corrected chi connectivity index (χ2v) is 17.5. The van der Waals surface area contributed by atoms with E-state index in [-0.39, 0.29) is 0 Å². The van der Waals surface area contributed by atoms with E-state index in [4.69, 9.17) is 0 Å². The third kappa shape index (κ3) is 6.14. The van der Waals surface area contributed by atoms with Crippen LogP contribution in [0.5, 0.6) is 0 Å². The highest BCUT2D eigenvalue weighted by Gasteiger charge is 2.46. The van der Waals surface area contributed by atoms with Crippen LogP contribution in [-0.4, -0.2) is 0 Å². The molecule has 1 aliphatic rings. The van der Waals surface area contributed by atoms with Gasteiger partial charge in [0.05, 0.1) is 5.41 Å². The molecule has 0 fully saturated rings. The second kappa shape index (κ2) is 15.3. The quantitative estimate of drug-likeness (QED) is 0.148. The smallest absolute Gasteiger partial charge is 0.0714 e. The molecule has 0 spiro atoms. The highest BCUT2D eigenvalue weighted by molar-refractivity contribution is 7.26. The number of hydrogen-bond acceptors (Lipinski definition) is 2. The molecule has 0 N–H and O–H groups in total. The third-order valence-electron chi connectivity index (χ3n) is 12.9. The summed E-state index contributed by atoms with van der Waals surface area (Å²) < 4.78 is 2.60. The second-order valence-electron chi connectivity index (χ2n) is 16.4. The molecule has 296 valence electrons. The van der Waals surface area contributed by atoms with Crippen LogP contribution in [0.25, 0.3) is 64.7 Å². The lowest BCUT2D eigenvalue weighted by Gasteiger charge is -2.33. The van der Waals surface area contributed by atoms with Gasteiger partial charge in [-0.1, -0.05) is 194 Å². The zero-order valence-electron chi connectivity index (χ0n) is 34.5. The fourth-order valence-electron chi connectivity index (χ4n) is 10.2. The van der Waals surface area contributed by atoms with Gasteiger partial charge in [-0.2, -0.15) is 0 Å². The predicted molar refractivity (Wildman–Crippen MR) is 268 cm³/mol. The molecule has 10 aromatic carbocycles. The van der Waals surface area contributed by atoms with E-state index in [0.29, 0.717) is 0 Å². The first-order valence-corrected chi connectivity index (χ1v) is 22.5. The first-order chi connectivity index (χ1) is 31.2. The Morgan fingerprint density at radius 2 is 0.825 bits per heavy atom. The zero-order chi connectivity index (χ0) is 41.7. The van der Waals surface area contributed by atoms with Crippen molar-refractivity contribution in [1.29, 1.82) is 0 Å². The Kier molecular flexibility index (Phi) is 8.98. The maximum absolute atomic E-state index is 2.48. The van der Waals surface area contributed by atoms with Crippen LogP contribution < -0.4 is 4.90 Å². The minimum Gasteiger partial charge on any atom is -0.310 e. The van der Waals surface area contributed by atoms with Gasteiger partial charge in [0.1, 0.15) is 0 Å². The lowest BCUT2D eigenvalue weighted by molar-refractivity contribution is 0.770. The van der Waals surface area contributed by atoms with Gasteiger partial charge in [-0.25, -0.2) is 0 Å². The molecule has 0 saturated carbocycles. The van der Waals surface area contributed by atoms with Gasteiger partial charge in [-0.05, 0) is 121 Å². The summed E-state index contributed by atoms with van der Waals surface area (Å²) in [6.45, 7) is 0. The van der Waals surface area contributed by atoms with Crippen molar-refractivity contribution in [2.75, 3.05) is 4.90 Å². The van der Waals surface area contributed by atoms with Crippen molar-refractivity contribution < 1.29 is 0 Å². The summed E-state index contributed by atoms with van der Waals surface area (Å²) in [5.41, 5.74) is 18.0. The third-order valence-corrected chi connectivity index (χ3v) is 14.1. The molecule has 0 atom stereocenters. The molecule has 1 heterocycles. The van der Waals surface area contributed by atoms with Gasteiger partial charge < -0.3 is 4.90 Å². The number of thiophene rings is 1. The van der Waals surface area contributed by atoms with E-state index < -0.39 is 5.41 Å². The van der Waals surface area contributed by atoms with Crippen molar-refractivity contribution >= 4 is 48.6 Å². The van der Waals surface area contributed by atoms with Gasteiger partial charge in [-0.15, -0.1) is 11.3 Å². The largest absolute Gasteiger partial charge is 0.310 e. The Balaban J connectivity index is 0.948. The fraction of sp³-hybridized carbons (Fsp3) is 0.0164. The van der Waals surface area contributed by atoms with Crippen LogP contribution in [0, 0.1) is 0 Å². The molecular weight excluding hydrogens is 779 g/mol. The van der Waals surface area contributed by atoms with Crippen LogP contribution in [0.1, 0.15) is 22.3 Å². The minimum atomic E-state index is -0.424. The standard InChI is InChI=1S/C61H41NS/c1-4-17-42(18-5-1)43-33-36-50(37-34-43)62(49-24-8-3-9-25-49)51-26-15-20-45(40-51)44-19-14-21-46(39-44)52-29-16-32-58-60(52)55-38-35-48(41-59(55)63-58)61(47-22-6-2-7-23-47)56-30-12-10-27-53(56)54-28-11-13-31-57(54)61/h1-41H. The highest BCUT2D eigenvalue weighted by atomic mass is 32.1. The van der Waals surface area contributed by atoms with Crippen LogP contribution in [-0.2, 0) is 5.41 Å². The van der Waals surface area contributed by atoms with E-state index in [1.54, 1.807) is 0 Å². The molecule has 0 bridgehead atoms. The Bertz CT molecular complexity index is 3400. The van der Waals surface area contributed by atoms with Crippen LogP contribution in [0.15, 0.2) is 249 Å². The van der Waals surface area contributed by atoms with Crippen molar-refractivity contribution in [2.45, 2.75) is 5.41 Å². The van der Waals surface area contributed by atoms with Crippen LogP contribution in [0.2, 0.25) is 0 Å². The van der Waals surface area contributed by atoms with Crippen molar-refractivity contribution in [3.05, 3.63) is 271 Å². The summed E-state index contributed by atoms with van der Waals surface area (Å²) >= 11 is 1.90. The van der Waals surface area contributed by atoms with Gasteiger partial charge in [0.15, 0.2) is 0 Å². The molecule has 0 amide bonds. The molecule has 1 aliphatic carbocycles. The first kappa shape index (κ1) is 37.0. The fourth-order valence-corrected chi connectivity index (χ4v) is 11.3. The molecule has 0 saturated heterocycles. The van der Waals surface area contributed by atoms with Crippen molar-refractivity contribution in [3.8, 4) is 44.5 Å². The highest BCUT2D eigenvalue weighted by Crippen LogP contribution is 2.57. The summed E-state index contributed by atoms with van der Waals surface area (Å²) in [5.74, 6) is 0. The normalized spacial score (nSPS) is 12.6. The minimum absolute atomic E-state index is 0.424. The number of nitrogens with zero attached hydrogens (tertiary/aromatic N) is 1. The molecule has 1 aromatic heterocycles. The van der Waals surface area contributed by atoms with E-state index in [0.717, 1.165) is 17.1 Å². The maximum Gasteiger partial charge on any atom is 0.0714 e. The molecule has 0 unspecified atom stereocenters. The van der Waals surface area contributed by atoms with Gasteiger partial charge >= 0.3 is 0 Å². The van der Waals surface area contributed by atoms with Crippen molar-refractivity contribution in [1.82, 2.24) is 0 Å². The molecule has 1 nitrogen and oxygen atoms in total. The lowest BCUT2D eigenvalue weighted by Crippen LogP contribution is -2.28. The zero-order valence-corrected chi connectivity index (χ0v) is 35.3. The Morgan fingerprint density at radius 3 is 1.56 bits per heavy atom. The predicted octanol–water partition coefficient (Wildman–Crippen LogP) is 16.9. The van der Waals surface area contributed by atoms with E-state index in [9.17, 15) is 0 Å². The number of rotatable bonds is 8. The van der Waals surface area contributed by atoms with Gasteiger partial charge in [0, 0.05) is 37.2 Å². The average Bonchev–Trinajstić information content (AvgIpc) is 3.89. The van der Waals surface area contributed by atoms with E-state index in [1.165, 1.54) is 86.9 Å².